The molecule has 4 rings (SSSR count). The average molecular weight is 262 g/mol. The summed E-state index contributed by atoms with van der Waals surface area (Å²) in [6, 6.07) is 0. The number of ether oxygens (including phenoxy) is 1. The van der Waals surface area contributed by atoms with Gasteiger partial charge in [0.2, 0.25) is 0 Å². The van der Waals surface area contributed by atoms with E-state index < -0.39 is 11.4 Å². The lowest BCUT2D eigenvalue weighted by Crippen LogP contribution is -2.36. The van der Waals surface area contributed by atoms with E-state index in [0.717, 1.165) is 6.42 Å². The highest BCUT2D eigenvalue weighted by molar-refractivity contribution is 6.07. The van der Waals surface area contributed by atoms with Crippen LogP contribution < -0.4 is 0 Å². The van der Waals surface area contributed by atoms with Crippen molar-refractivity contribution in [3.63, 3.8) is 0 Å². The Labute approximate surface area is 111 Å². The van der Waals surface area contributed by atoms with Crippen molar-refractivity contribution in [2.24, 2.45) is 22.7 Å². The number of epoxide rings is 1. The van der Waals surface area contributed by atoms with Crippen LogP contribution in [0.3, 0.4) is 0 Å². The summed E-state index contributed by atoms with van der Waals surface area (Å²) < 4.78 is 5.76. The summed E-state index contributed by atoms with van der Waals surface area (Å²) in [6.07, 6.45) is 1.87. The molecule has 0 aromatic carbocycles. The van der Waals surface area contributed by atoms with E-state index in [4.69, 9.17) is 4.74 Å². The number of carboxylic acids is 1. The summed E-state index contributed by atoms with van der Waals surface area (Å²) in [5.41, 5.74) is -0.662. The van der Waals surface area contributed by atoms with Gasteiger partial charge in [-0.2, -0.15) is 0 Å². The van der Waals surface area contributed by atoms with E-state index in [1.165, 1.54) is 0 Å². The minimum atomic E-state index is -0.720. The molecule has 0 bridgehead atoms. The standard InChI is InChI=1S/C15H18O4/c1-7-10(16)11-15(19-11)5-8-4-13(2,12(17)18)6-9(8)14(7,15)3/h8-9,11H,1,4-6H2,2-3H3,(H,17,18). The first kappa shape index (κ1) is 11.6. The zero-order valence-electron chi connectivity index (χ0n) is 11.2. The van der Waals surface area contributed by atoms with Gasteiger partial charge in [0.15, 0.2) is 11.9 Å². The van der Waals surface area contributed by atoms with Gasteiger partial charge in [0.1, 0.15) is 5.60 Å². The van der Waals surface area contributed by atoms with Crippen LogP contribution in [0.15, 0.2) is 12.2 Å². The molecule has 6 atom stereocenters. The second-order valence-corrected chi connectivity index (χ2v) is 7.28. The molecule has 0 radical (unpaired) electrons. The van der Waals surface area contributed by atoms with E-state index in [-0.39, 0.29) is 28.8 Å². The molecule has 1 spiro atoms. The predicted octanol–water partition coefficient (Wildman–Crippen LogP) is 1.79. The monoisotopic (exact) mass is 262 g/mol. The van der Waals surface area contributed by atoms with Gasteiger partial charge in [-0.05, 0) is 38.0 Å². The molecule has 4 heteroatoms. The largest absolute Gasteiger partial charge is 0.481 e. The number of ketones is 1. The molecule has 6 unspecified atom stereocenters. The van der Waals surface area contributed by atoms with Crippen molar-refractivity contribution in [2.45, 2.75) is 44.8 Å². The van der Waals surface area contributed by atoms with Gasteiger partial charge in [0.05, 0.1) is 5.41 Å². The Morgan fingerprint density at radius 1 is 1.37 bits per heavy atom. The SMILES string of the molecule is C=C1C(=O)C2OC23CC2CC(C)(C(=O)O)CC2C13C. The topological polar surface area (TPSA) is 66.9 Å². The van der Waals surface area contributed by atoms with Gasteiger partial charge in [-0.15, -0.1) is 0 Å². The molecular formula is C15H18O4. The Bertz CT molecular complexity index is 552. The summed E-state index contributed by atoms with van der Waals surface area (Å²) in [7, 11) is 0. The molecule has 1 aliphatic heterocycles. The third-order valence-electron chi connectivity index (χ3n) is 6.51. The highest BCUT2D eigenvalue weighted by atomic mass is 16.6. The molecular weight excluding hydrogens is 244 g/mol. The smallest absolute Gasteiger partial charge is 0.309 e. The average Bonchev–Trinajstić information content (AvgIpc) is 2.85. The first-order valence-electron chi connectivity index (χ1n) is 6.91. The molecule has 1 saturated heterocycles. The van der Waals surface area contributed by atoms with Crippen molar-refractivity contribution in [3.8, 4) is 0 Å². The van der Waals surface area contributed by atoms with Gasteiger partial charge in [-0.1, -0.05) is 13.5 Å². The number of rotatable bonds is 1. The maximum atomic E-state index is 12.1. The third-order valence-corrected chi connectivity index (χ3v) is 6.51. The van der Waals surface area contributed by atoms with E-state index in [9.17, 15) is 14.7 Å². The Kier molecular flexibility index (Phi) is 1.72. The molecule has 4 aliphatic rings. The van der Waals surface area contributed by atoms with E-state index >= 15 is 0 Å². The Hall–Kier alpha value is -1.16. The number of hydrogen-bond acceptors (Lipinski definition) is 3. The molecule has 4 nitrogen and oxygen atoms in total. The first-order chi connectivity index (χ1) is 8.76. The quantitative estimate of drug-likeness (QED) is 0.578. The van der Waals surface area contributed by atoms with Crippen LogP contribution in [0.5, 0.6) is 0 Å². The van der Waals surface area contributed by atoms with E-state index in [0.29, 0.717) is 24.3 Å². The van der Waals surface area contributed by atoms with E-state index in [1.807, 2.05) is 6.92 Å². The molecule has 102 valence electrons. The summed E-state index contributed by atoms with van der Waals surface area (Å²) >= 11 is 0. The van der Waals surface area contributed by atoms with Gasteiger partial charge in [0.25, 0.3) is 0 Å². The zero-order valence-corrected chi connectivity index (χ0v) is 11.2. The number of carbonyl (C=O) groups is 2. The van der Waals surface area contributed by atoms with Crippen LogP contribution in [0.2, 0.25) is 0 Å². The fraction of sp³-hybridized carbons (Fsp3) is 0.733. The second kappa shape index (κ2) is 2.80. The molecule has 4 fully saturated rings. The highest BCUT2D eigenvalue weighted by Crippen LogP contribution is 2.76. The Morgan fingerprint density at radius 2 is 2.05 bits per heavy atom. The Balaban J connectivity index is 1.77. The number of hydrogen-bond donors (Lipinski definition) is 1. The van der Waals surface area contributed by atoms with Crippen molar-refractivity contribution in [3.05, 3.63) is 12.2 Å². The number of aliphatic carboxylic acids is 1. The van der Waals surface area contributed by atoms with E-state index in [1.54, 1.807) is 0 Å². The Morgan fingerprint density at radius 3 is 2.68 bits per heavy atom. The maximum absolute atomic E-state index is 12.1. The summed E-state index contributed by atoms with van der Waals surface area (Å²) in [5, 5.41) is 9.42. The van der Waals surface area contributed by atoms with E-state index in [2.05, 4.69) is 13.5 Å². The predicted molar refractivity (Wildman–Crippen MR) is 66.4 cm³/mol. The third kappa shape index (κ3) is 0.970. The minimum Gasteiger partial charge on any atom is -0.481 e. The normalized spacial score (nSPS) is 57.9. The molecule has 1 heterocycles. The van der Waals surface area contributed by atoms with Crippen molar-refractivity contribution in [2.75, 3.05) is 0 Å². The van der Waals surface area contributed by atoms with Crippen LogP contribution in [0.1, 0.15) is 33.1 Å². The van der Waals surface area contributed by atoms with Crippen LogP contribution in [0.4, 0.5) is 0 Å². The van der Waals surface area contributed by atoms with Gasteiger partial charge in [-0.3, -0.25) is 9.59 Å². The molecule has 19 heavy (non-hydrogen) atoms. The zero-order chi connectivity index (χ0) is 13.8. The van der Waals surface area contributed by atoms with Gasteiger partial charge in [-0.25, -0.2) is 0 Å². The first-order valence-corrected chi connectivity index (χ1v) is 6.91. The molecule has 0 aromatic rings. The lowest BCUT2D eigenvalue weighted by molar-refractivity contribution is -0.148. The highest BCUT2D eigenvalue weighted by Gasteiger charge is 2.84. The lowest BCUT2D eigenvalue weighted by Gasteiger charge is -2.34. The van der Waals surface area contributed by atoms with Crippen molar-refractivity contribution in [1.29, 1.82) is 0 Å². The van der Waals surface area contributed by atoms with Crippen molar-refractivity contribution in [1.82, 2.24) is 0 Å². The van der Waals surface area contributed by atoms with Crippen LogP contribution in [-0.4, -0.2) is 28.6 Å². The number of fused-ring (bicyclic) bond motifs is 2. The number of Topliss-reactive ketones (excluding diaryl/α,β-unsaturated/α-hetero) is 1. The number of carboxylic acid groups (broad SMARTS) is 1. The van der Waals surface area contributed by atoms with Gasteiger partial charge >= 0.3 is 5.97 Å². The van der Waals surface area contributed by atoms with Crippen LogP contribution in [-0.2, 0) is 14.3 Å². The fourth-order valence-corrected chi connectivity index (χ4v) is 5.32. The summed E-state index contributed by atoms with van der Waals surface area (Å²) in [4.78, 5) is 23.6. The van der Waals surface area contributed by atoms with Crippen LogP contribution >= 0.6 is 0 Å². The molecule has 3 saturated carbocycles. The molecule has 0 amide bonds. The van der Waals surface area contributed by atoms with Gasteiger partial charge in [0, 0.05) is 11.0 Å². The second-order valence-electron chi connectivity index (χ2n) is 7.28. The molecule has 0 aromatic heterocycles. The van der Waals surface area contributed by atoms with Crippen molar-refractivity contribution >= 4 is 11.8 Å². The van der Waals surface area contributed by atoms with Crippen LogP contribution in [0, 0.1) is 22.7 Å². The van der Waals surface area contributed by atoms with Gasteiger partial charge < -0.3 is 9.84 Å². The summed E-state index contributed by atoms with van der Waals surface area (Å²) in [5.74, 6) is -0.105. The summed E-state index contributed by atoms with van der Waals surface area (Å²) in [6.45, 7) is 7.90. The minimum absolute atomic E-state index is 0.0462. The van der Waals surface area contributed by atoms with Crippen molar-refractivity contribution < 1.29 is 19.4 Å². The molecule has 3 aliphatic carbocycles. The maximum Gasteiger partial charge on any atom is 0.309 e. The lowest BCUT2D eigenvalue weighted by atomic mass is 9.69. The van der Waals surface area contributed by atoms with Crippen LogP contribution in [0.25, 0.3) is 0 Å². The fourth-order valence-electron chi connectivity index (χ4n) is 5.32. The number of carbonyl (C=O) groups excluding carboxylic acids is 1. The molecule has 1 N–H and O–H groups in total.